The zero-order valence-corrected chi connectivity index (χ0v) is 80.5. The van der Waals surface area contributed by atoms with Gasteiger partial charge in [-0.3, -0.25) is 77.3 Å². The summed E-state index contributed by atoms with van der Waals surface area (Å²) in [4.78, 5) is 261. The number of aromatic hydroxyl groups is 2. The molecule has 142 heavy (non-hydrogen) atoms. The van der Waals surface area contributed by atoms with Gasteiger partial charge in [-0.2, -0.15) is 0 Å². The van der Waals surface area contributed by atoms with E-state index in [1.165, 1.54) is 59.5 Å². The van der Waals surface area contributed by atoms with Crippen LogP contribution < -0.4 is 149 Å². The monoisotopic (exact) mass is 2020 g/mol. The molecule has 2 fully saturated rings. The van der Waals surface area contributed by atoms with Gasteiger partial charge in [0.15, 0.2) is 17.9 Å². The maximum Gasteiger partial charge on any atom is 0.326 e. The van der Waals surface area contributed by atoms with E-state index in [1.807, 2.05) is 0 Å². The second kappa shape index (κ2) is 61.9. The number of primary amides is 3. The van der Waals surface area contributed by atoms with Crippen molar-refractivity contribution in [1.29, 1.82) is 0 Å². The maximum atomic E-state index is 16.0. The molecule has 0 bridgehead atoms. The number of carbonyl (C=O) groups excluding carboxylic acids is 16. The van der Waals surface area contributed by atoms with Crippen LogP contribution in [0.2, 0.25) is 0 Å². The van der Waals surface area contributed by atoms with E-state index >= 15 is 57.5 Å². The van der Waals surface area contributed by atoms with Crippen molar-refractivity contribution in [3.05, 3.63) is 108 Å². The van der Waals surface area contributed by atoms with Gasteiger partial charge in [-0.1, -0.05) is 82.3 Å². The van der Waals surface area contributed by atoms with Gasteiger partial charge in [-0.05, 0) is 199 Å². The van der Waals surface area contributed by atoms with Crippen LogP contribution in [0.1, 0.15) is 151 Å². The van der Waals surface area contributed by atoms with E-state index in [0.29, 0.717) is 40.0 Å². The molecule has 19 amide bonds. The molecule has 2 saturated heterocycles. The third-order valence-electron chi connectivity index (χ3n) is 22.7. The van der Waals surface area contributed by atoms with E-state index in [1.54, 1.807) is 36.4 Å². The number of aliphatic imine (C=N–C) groups is 3. The number of nitrogens with two attached hydrogens (primary N) is 12. The smallest absolute Gasteiger partial charge is 0.326 e. The number of urea groups is 3. The normalized spacial score (nSPS) is 20.3. The average Bonchev–Trinajstić information content (AvgIpc) is 1.32. The lowest BCUT2D eigenvalue weighted by Crippen LogP contribution is -2.61. The molecule has 2 aliphatic rings. The summed E-state index contributed by atoms with van der Waals surface area (Å²) < 4.78 is 0. The van der Waals surface area contributed by atoms with Crippen molar-refractivity contribution in [1.82, 2.24) is 84.7 Å². The maximum absolute atomic E-state index is 16.0. The summed E-state index contributed by atoms with van der Waals surface area (Å²) in [7, 11) is 1.44. The number of nitrogens with zero attached hydrogens (tertiary/aromatic N) is 4. The van der Waals surface area contributed by atoms with Crippen molar-refractivity contribution in [3.63, 3.8) is 0 Å². The number of phenolic OH excluding ortho intramolecular Hbond substituents is 2. The number of hydrogen-bond acceptors (Lipinski definition) is 27. The van der Waals surface area contributed by atoms with Gasteiger partial charge in [0.05, 0.1) is 6.04 Å². The molecule has 6 rings (SSSR count). The Kier molecular flexibility index (Phi) is 50.6. The first-order valence-corrected chi connectivity index (χ1v) is 49.1. The number of nitrogens with one attached hydrogen (secondary N) is 15. The lowest BCUT2D eigenvalue weighted by atomic mass is 10.00. The summed E-state index contributed by atoms with van der Waals surface area (Å²) in [5.41, 5.74) is 69.0. The Hall–Kier alpha value is -14.5. The Balaban J connectivity index is 1.62. The highest BCUT2D eigenvalue weighted by atomic mass is 33.1. The Morgan fingerprint density at radius 2 is 0.859 bits per heavy atom. The Morgan fingerprint density at radius 1 is 0.430 bits per heavy atom. The lowest BCUT2D eigenvalue weighted by Gasteiger charge is -2.31. The van der Waals surface area contributed by atoms with Crippen molar-refractivity contribution in [2.75, 3.05) is 70.4 Å². The third kappa shape index (κ3) is 42.3. The number of benzene rings is 4. The number of rotatable bonds is 46. The Labute approximate surface area is 827 Å². The van der Waals surface area contributed by atoms with Gasteiger partial charge in [-0.25, -0.2) is 19.2 Å². The number of carbonyl (C=O) groups is 17. The van der Waals surface area contributed by atoms with E-state index in [0.717, 1.165) is 10.8 Å². The van der Waals surface area contributed by atoms with Crippen molar-refractivity contribution in [3.8, 4) is 11.5 Å². The third-order valence-corrected chi connectivity index (χ3v) is 25.1. The zero-order valence-electron chi connectivity index (χ0n) is 78.9. The molecule has 42 N–H and O–H groups in total. The summed E-state index contributed by atoms with van der Waals surface area (Å²) in [6.45, 7) is -0.548. The first-order chi connectivity index (χ1) is 67.7. The summed E-state index contributed by atoms with van der Waals surface area (Å²) in [5, 5.41) is 72.0. The highest BCUT2D eigenvalue weighted by Gasteiger charge is 2.43. The molecule has 4 aromatic rings. The largest absolute Gasteiger partial charge is 0.508 e. The van der Waals surface area contributed by atoms with Crippen LogP contribution in [0, 0.1) is 0 Å². The van der Waals surface area contributed by atoms with Crippen LogP contribution >= 0.6 is 21.6 Å². The zero-order chi connectivity index (χ0) is 104. The predicted octanol–water partition coefficient (Wildman–Crippen LogP) is -6.21. The molecule has 0 spiro atoms. The van der Waals surface area contributed by atoms with Crippen LogP contribution in [-0.4, -0.2) is 288 Å². The molecule has 14 atom stereocenters. The van der Waals surface area contributed by atoms with Gasteiger partial charge >= 0.3 is 24.1 Å². The molecule has 2 heterocycles. The molecular weight excluding hydrogens is 1890 g/mol. The van der Waals surface area contributed by atoms with E-state index < -0.39 is 210 Å². The minimum atomic E-state index is -1.93. The molecule has 0 aliphatic carbocycles. The summed E-state index contributed by atoms with van der Waals surface area (Å²) in [6, 6.07) is -3.56. The highest BCUT2D eigenvalue weighted by molar-refractivity contribution is 8.76. The molecule has 780 valence electrons. The van der Waals surface area contributed by atoms with Gasteiger partial charge in [0, 0.05) is 70.2 Å². The van der Waals surface area contributed by atoms with Gasteiger partial charge in [0.1, 0.15) is 90.0 Å². The average molecular weight is 2030 g/mol. The molecule has 51 nitrogen and oxygen atoms in total. The van der Waals surface area contributed by atoms with Crippen LogP contribution in [0.25, 0.3) is 10.8 Å². The van der Waals surface area contributed by atoms with Crippen LogP contribution in [-0.2, 0) is 80.0 Å². The number of fused-ring (bicyclic) bond motifs is 2. The number of guanidine groups is 3. The fourth-order valence-electron chi connectivity index (χ4n) is 15.2. The fourth-order valence-corrected chi connectivity index (χ4v) is 17.5. The Morgan fingerprint density at radius 3 is 1.35 bits per heavy atom. The first kappa shape index (κ1) is 116. The highest BCUT2D eigenvalue weighted by Crippen LogP contribution is 2.28. The number of carboxylic acids is 1. The van der Waals surface area contributed by atoms with Gasteiger partial charge < -0.3 is 169 Å². The van der Waals surface area contributed by atoms with E-state index in [9.17, 15) is 39.3 Å². The standard InChI is InChI=1S/C89H137N31O20S2/c90-35-5-3-17-57-73(126)113-62(18-4-6-36-91)82(135)120-43-13-24-68(120)80(133)116-65(45-50-27-33-55(122)34-28-50)77(130)112-59(21-10-41-106-88(100)139)72(125)110-60(22-11-42-107-89(101)140)74(127)117-66(78(131)114-63(83(136)137)23-12-39-104-86(97)98)47-141-142-48-67(79(132)115-64(44-49-25-31-54(121)32-26-49)76(129)111-58(71(124)109-57)19-8-37-102-84(93)94)118-81(134)69(53-30-29-51-14-1-2-15-52(51)46-53)119-75(128)61(20-9-38-103-85(95)96)108-70(123)56(92)16-7-40-105-87(99)138/h1-2,14-15,25-34,46,56-69,121-122H,3-13,16-24,35-45,47-48,90-92H2,(H,108,123)(H,109,124)(H,110,125)(H,111,129)(H,112,130)(H,113,126)(H,114,131)(H,115,132)(H,116,133)(H,117,127)(H,118,134)(H,119,128)(H,136,137)(H4,93,94,102)(H4,95,96,103)(H4,97,98,104)(H3,99,105,138)(H3,100,106,139)(H3,101,107,140)/t56-,57+,58-,59-,60-,61-,62-,63-,64+,65-,66+,67+,68+,69-/m0/s1. The van der Waals surface area contributed by atoms with Gasteiger partial charge in [0.25, 0.3) is 0 Å². The van der Waals surface area contributed by atoms with Crippen LogP contribution in [0.5, 0.6) is 11.5 Å². The minimum absolute atomic E-state index is 0.00193. The summed E-state index contributed by atoms with van der Waals surface area (Å²) in [6.07, 6.45) is -1.58. The molecule has 0 unspecified atom stereocenters. The number of amides is 19. The number of unbranched alkanes of at least 4 members (excludes halogenated alkanes) is 2. The van der Waals surface area contributed by atoms with Crippen molar-refractivity contribution < 1.29 is 96.8 Å². The van der Waals surface area contributed by atoms with Gasteiger partial charge in [0.2, 0.25) is 76.8 Å². The van der Waals surface area contributed by atoms with Crippen LogP contribution in [0.3, 0.4) is 0 Å². The molecule has 0 radical (unpaired) electrons. The number of carboxylic acid groups (broad SMARTS) is 1. The Bertz CT molecular complexity index is 5000. The molecular formula is C89H137N31O20S2. The number of phenols is 2. The molecule has 0 saturated carbocycles. The second-order valence-electron chi connectivity index (χ2n) is 33.9. The first-order valence-electron chi connectivity index (χ1n) is 46.6. The topological polar surface area (TPSA) is 884 Å². The van der Waals surface area contributed by atoms with E-state index in [2.05, 4.69) is 94.7 Å². The minimum Gasteiger partial charge on any atom is -0.508 e. The summed E-state index contributed by atoms with van der Waals surface area (Å²) in [5.74, 6) is -17.6. The lowest BCUT2D eigenvalue weighted by molar-refractivity contribution is -0.142. The summed E-state index contributed by atoms with van der Waals surface area (Å²) >= 11 is 0. The van der Waals surface area contributed by atoms with E-state index in [-0.39, 0.29) is 215 Å². The van der Waals surface area contributed by atoms with Gasteiger partial charge in [-0.15, -0.1) is 0 Å². The van der Waals surface area contributed by atoms with Crippen molar-refractivity contribution in [2.24, 2.45) is 83.8 Å². The van der Waals surface area contributed by atoms with E-state index in [4.69, 9.17) is 68.8 Å². The predicted molar refractivity (Wildman–Crippen MR) is 531 cm³/mol. The van der Waals surface area contributed by atoms with Crippen molar-refractivity contribution in [2.45, 2.75) is 226 Å². The number of aliphatic carboxylic acids is 1. The molecule has 4 aromatic carbocycles. The second-order valence-corrected chi connectivity index (χ2v) is 36.4. The fraction of sp³-hybridized carbons (Fsp3) is 0.528. The molecule has 53 heteroatoms. The number of hydrogen-bond donors (Lipinski definition) is 30. The molecule has 0 aromatic heterocycles. The quantitative estimate of drug-likeness (QED) is 0.00847. The van der Waals surface area contributed by atoms with Crippen molar-refractivity contribution >= 4 is 151 Å². The van der Waals surface area contributed by atoms with Crippen LogP contribution in [0.4, 0.5) is 14.4 Å². The SMILES string of the molecule is NCCCC[C@@H]1NC(=O)[C@@H](CCCCN)NC(=O)[C@H](CCCN=C(N)N)NC(=O)[C@@H](Cc2ccc(O)cc2)NC(=O)[C@H](NC(=O)[C@@H](NC(=O)[C@H](CCCN=C(N)N)NC(=O)[C@@H](N)CCCNC(N)=O)c2ccc3ccccc3c2)CSSC[C@H](C(=O)N[C@@H](CCCN=C(N)N)C(=O)O)NC(=O)[C@H](CCCNC(N)=O)NC(=O)[C@H](CCCNC(N)=O)NC(=O)[C@H](Cc2ccc(O)cc2)NC(=O)[C@H]2CCCN2C1=O. The molecule has 2 aliphatic heterocycles. The van der Waals surface area contributed by atoms with Crippen LogP contribution in [0.15, 0.2) is 106 Å².